The second-order valence-corrected chi connectivity index (χ2v) is 6.94. The van der Waals surface area contributed by atoms with Crippen molar-refractivity contribution >= 4 is 45.1 Å². The average molecular weight is 433 g/mol. The molecule has 0 heterocycles. The van der Waals surface area contributed by atoms with Gasteiger partial charge < -0.3 is 15.4 Å². The van der Waals surface area contributed by atoms with Gasteiger partial charge in [0.1, 0.15) is 0 Å². The molecule has 27 heavy (non-hydrogen) atoms. The first-order valence-electron chi connectivity index (χ1n) is 8.41. The van der Waals surface area contributed by atoms with Crippen LogP contribution in [0, 0.1) is 13.8 Å². The van der Waals surface area contributed by atoms with E-state index in [1.165, 1.54) is 0 Å². The van der Waals surface area contributed by atoms with Gasteiger partial charge in [-0.25, -0.2) is 0 Å². The number of carbonyl (C=O) groups is 3. The van der Waals surface area contributed by atoms with E-state index in [1.807, 2.05) is 32.0 Å². The zero-order valence-electron chi connectivity index (χ0n) is 15.2. The van der Waals surface area contributed by atoms with Crippen molar-refractivity contribution in [3.8, 4) is 0 Å². The molecular weight excluding hydrogens is 412 g/mol. The molecule has 142 valence electrons. The highest BCUT2D eigenvalue weighted by Crippen LogP contribution is 2.19. The van der Waals surface area contributed by atoms with Crippen LogP contribution in [-0.4, -0.2) is 24.4 Å². The van der Waals surface area contributed by atoms with Gasteiger partial charge >= 0.3 is 5.97 Å². The summed E-state index contributed by atoms with van der Waals surface area (Å²) in [5, 5.41) is 5.35. The van der Waals surface area contributed by atoms with Crippen LogP contribution in [0.3, 0.4) is 0 Å². The smallest absolute Gasteiger partial charge is 0.306 e. The number of carbonyl (C=O) groups excluding carboxylic acids is 3. The summed E-state index contributed by atoms with van der Waals surface area (Å²) in [5.41, 5.74) is 3.36. The fraction of sp³-hybridized carbons (Fsp3) is 0.250. The third-order valence-corrected chi connectivity index (χ3v) is 4.59. The fourth-order valence-corrected chi connectivity index (χ4v) is 2.46. The van der Waals surface area contributed by atoms with Crippen molar-refractivity contribution in [2.45, 2.75) is 26.7 Å². The Hall–Kier alpha value is -2.67. The Balaban J connectivity index is 1.69. The van der Waals surface area contributed by atoms with Crippen LogP contribution >= 0.6 is 15.9 Å². The molecule has 6 nitrogen and oxygen atoms in total. The van der Waals surface area contributed by atoms with E-state index in [-0.39, 0.29) is 18.7 Å². The SMILES string of the molecule is Cc1ccc(NC(=O)CCC(=O)OCC(=O)Nc2ccc(Br)c(C)c2)cc1. The normalized spacial score (nSPS) is 10.2. The van der Waals surface area contributed by atoms with E-state index in [4.69, 9.17) is 4.74 Å². The monoisotopic (exact) mass is 432 g/mol. The van der Waals surface area contributed by atoms with Crippen molar-refractivity contribution in [1.82, 2.24) is 0 Å². The number of rotatable bonds is 7. The van der Waals surface area contributed by atoms with Gasteiger partial charge in [0.25, 0.3) is 5.91 Å². The standard InChI is InChI=1S/C20H21BrN2O4/c1-13-3-5-15(6-4-13)22-18(24)9-10-20(26)27-12-19(25)23-16-7-8-17(21)14(2)11-16/h3-8,11H,9-10,12H2,1-2H3,(H,22,24)(H,23,25). The summed E-state index contributed by atoms with van der Waals surface area (Å²) >= 11 is 3.38. The van der Waals surface area contributed by atoms with Crippen molar-refractivity contribution < 1.29 is 19.1 Å². The van der Waals surface area contributed by atoms with Gasteiger partial charge in [-0.1, -0.05) is 33.6 Å². The van der Waals surface area contributed by atoms with Gasteiger partial charge in [0, 0.05) is 22.3 Å². The van der Waals surface area contributed by atoms with Gasteiger partial charge in [0.15, 0.2) is 6.61 Å². The summed E-state index contributed by atoms with van der Waals surface area (Å²) in [4.78, 5) is 35.4. The second kappa shape index (κ2) is 9.87. The number of hydrogen-bond acceptors (Lipinski definition) is 4. The van der Waals surface area contributed by atoms with Crippen LogP contribution in [-0.2, 0) is 19.1 Å². The Kier molecular flexibility index (Phi) is 7.55. The van der Waals surface area contributed by atoms with E-state index in [2.05, 4.69) is 26.6 Å². The number of esters is 1. The van der Waals surface area contributed by atoms with E-state index >= 15 is 0 Å². The zero-order valence-corrected chi connectivity index (χ0v) is 16.8. The molecule has 0 aliphatic rings. The fourth-order valence-electron chi connectivity index (χ4n) is 2.21. The molecule has 0 bridgehead atoms. The minimum atomic E-state index is -0.601. The Bertz CT molecular complexity index is 834. The van der Waals surface area contributed by atoms with E-state index < -0.39 is 18.5 Å². The highest BCUT2D eigenvalue weighted by atomic mass is 79.9. The molecule has 0 atom stereocenters. The molecule has 0 spiro atoms. The Morgan fingerprint density at radius 1 is 0.889 bits per heavy atom. The number of amides is 2. The summed E-state index contributed by atoms with van der Waals surface area (Å²) < 4.78 is 5.85. The second-order valence-electron chi connectivity index (χ2n) is 6.09. The maximum absolute atomic E-state index is 11.8. The molecule has 0 radical (unpaired) electrons. The van der Waals surface area contributed by atoms with Gasteiger partial charge in [0.05, 0.1) is 6.42 Å². The number of nitrogens with one attached hydrogen (secondary N) is 2. The highest BCUT2D eigenvalue weighted by Gasteiger charge is 2.11. The summed E-state index contributed by atoms with van der Waals surface area (Å²) in [5.74, 6) is -1.32. The Morgan fingerprint density at radius 2 is 1.52 bits per heavy atom. The summed E-state index contributed by atoms with van der Waals surface area (Å²) in [6, 6.07) is 12.7. The van der Waals surface area contributed by atoms with Crippen LogP contribution in [0.4, 0.5) is 11.4 Å². The lowest BCUT2D eigenvalue weighted by Gasteiger charge is -2.08. The number of anilines is 2. The lowest BCUT2D eigenvalue weighted by atomic mass is 10.2. The van der Waals surface area contributed by atoms with Gasteiger partial charge in [-0.15, -0.1) is 0 Å². The molecule has 2 amide bonds. The lowest BCUT2D eigenvalue weighted by Crippen LogP contribution is -2.21. The van der Waals surface area contributed by atoms with Crippen molar-refractivity contribution in [2.24, 2.45) is 0 Å². The van der Waals surface area contributed by atoms with Gasteiger partial charge in [-0.3, -0.25) is 14.4 Å². The summed E-state index contributed by atoms with van der Waals surface area (Å²) in [7, 11) is 0. The molecule has 0 saturated carbocycles. The molecule has 2 rings (SSSR count). The minimum absolute atomic E-state index is 0.0137. The predicted molar refractivity (Wildman–Crippen MR) is 108 cm³/mol. The summed E-state index contributed by atoms with van der Waals surface area (Å²) in [6.45, 7) is 3.46. The first kappa shape index (κ1) is 20.6. The van der Waals surface area contributed by atoms with Gasteiger partial charge in [-0.2, -0.15) is 0 Å². The van der Waals surface area contributed by atoms with E-state index in [0.29, 0.717) is 11.4 Å². The molecule has 0 saturated heterocycles. The third kappa shape index (κ3) is 7.22. The molecular formula is C20H21BrN2O4. The van der Waals surface area contributed by atoms with E-state index in [1.54, 1.807) is 24.3 Å². The molecule has 2 aromatic rings. The third-order valence-electron chi connectivity index (χ3n) is 3.70. The summed E-state index contributed by atoms with van der Waals surface area (Å²) in [6.07, 6.45) is -0.109. The van der Waals surface area contributed by atoms with Crippen molar-refractivity contribution in [3.05, 3.63) is 58.1 Å². The molecule has 0 aromatic heterocycles. The van der Waals surface area contributed by atoms with Crippen LogP contribution in [0.25, 0.3) is 0 Å². The van der Waals surface area contributed by atoms with E-state index in [0.717, 1.165) is 15.6 Å². The van der Waals surface area contributed by atoms with Gasteiger partial charge in [-0.05, 0) is 49.7 Å². The lowest BCUT2D eigenvalue weighted by molar-refractivity contribution is -0.147. The predicted octanol–water partition coefficient (Wildman–Crippen LogP) is 3.97. The molecule has 7 heteroatoms. The number of aryl methyl sites for hydroxylation is 2. The maximum atomic E-state index is 11.8. The molecule has 2 aromatic carbocycles. The first-order chi connectivity index (χ1) is 12.8. The van der Waals surface area contributed by atoms with Crippen LogP contribution in [0.1, 0.15) is 24.0 Å². The Labute approximate surface area is 166 Å². The van der Waals surface area contributed by atoms with Crippen LogP contribution < -0.4 is 10.6 Å². The molecule has 0 unspecified atom stereocenters. The zero-order chi connectivity index (χ0) is 19.8. The van der Waals surface area contributed by atoms with Crippen LogP contribution in [0.5, 0.6) is 0 Å². The largest absolute Gasteiger partial charge is 0.456 e. The van der Waals surface area contributed by atoms with E-state index in [9.17, 15) is 14.4 Å². The molecule has 0 aliphatic carbocycles. The molecule has 0 aliphatic heterocycles. The maximum Gasteiger partial charge on any atom is 0.306 e. The van der Waals surface area contributed by atoms with Crippen molar-refractivity contribution in [1.29, 1.82) is 0 Å². The first-order valence-corrected chi connectivity index (χ1v) is 9.21. The molecule has 2 N–H and O–H groups in total. The molecule has 0 fully saturated rings. The number of halogens is 1. The highest BCUT2D eigenvalue weighted by molar-refractivity contribution is 9.10. The number of hydrogen-bond donors (Lipinski definition) is 2. The number of ether oxygens (including phenoxy) is 1. The van der Waals surface area contributed by atoms with Crippen molar-refractivity contribution in [2.75, 3.05) is 17.2 Å². The van der Waals surface area contributed by atoms with Crippen molar-refractivity contribution in [3.63, 3.8) is 0 Å². The van der Waals surface area contributed by atoms with Crippen LogP contribution in [0.2, 0.25) is 0 Å². The van der Waals surface area contributed by atoms with Crippen LogP contribution in [0.15, 0.2) is 46.9 Å². The Morgan fingerprint density at radius 3 is 2.19 bits per heavy atom. The number of benzene rings is 2. The quantitative estimate of drug-likeness (QED) is 0.648. The van der Waals surface area contributed by atoms with Gasteiger partial charge in [0.2, 0.25) is 5.91 Å². The average Bonchev–Trinajstić information content (AvgIpc) is 2.63. The topological polar surface area (TPSA) is 84.5 Å². The minimum Gasteiger partial charge on any atom is -0.456 e.